The first-order valence-corrected chi connectivity index (χ1v) is 7.72. The summed E-state index contributed by atoms with van der Waals surface area (Å²) >= 11 is 0. The van der Waals surface area contributed by atoms with Crippen LogP contribution < -0.4 is 10.1 Å². The van der Waals surface area contributed by atoms with E-state index >= 15 is 0 Å². The van der Waals surface area contributed by atoms with E-state index in [2.05, 4.69) is 22.3 Å². The van der Waals surface area contributed by atoms with Gasteiger partial charge in [-0.1, -0.05) is 31.2 Å². The zero-order chi connectivity index (χ0) is 16.8. The lowest BCUT2D eigenvalue weighted by molar-refractivity contribution is -0.118. The number of benzene rings is 2. The van der Waals surface area contributed by atoms with Crippen LogP contribution in [0.2, 0.25) is 0 Å². The number of carbonyl (C=O) groups excluding carboxylic acids is 1. The van der Waals surface area contributed by atoms with Gasteiger partial charge in [0.25, 0.3) is 5.91 Å². The third-order valence-corrected chi connectivity index (χ3v) is 3.55. The molecule has 0 saturated heterocycles. The van der Waals surface area contributed by atoms with Gasteiger partial charge in [0.15, 0.2) is 6.61 Å². The molecule has 122 valence electrons. The molecule has 1 aromatic heterocycles. The smallest absolute Gasteiger partial charge is 0.262 e. The van der Waals surface area contributed by atoms with Crippen molar-refractivity contribution in [2.24, 2.45) is 0 Å². The highest BCUT2D eigenvalue weighted by atomic mass is 16.5. The van der Waals surface area contributed by atoms with Gasteiger partial charge in [-0.3, -0.25) is 4.79 Å². The van der Waals surface area contributed by atoms with Gasteiger partial charge >= 0.3 is 0 Å². The van der Waals surface area contributed by atoms with E-state index in [1.54, 1.807) is 11.0 Å². The van der Waals surface area contributed by atoms with Crippen LogP contribution in [0, 0.1) is 0 Å². The Bertz CT molecular complexity index is 798. The number of aryl methyl sites for hydroxylation is 1. The molecule has 0 aliphatic heterocycles. The first-order valence-electron chi connectivity index (χ1n) is 7.72. The summed E-state index contributed by atoms with van der Waals surface area (Å²) < 4.78 is 7.12. The Hall–Kier alpha value is -3.15. The molecule has 0 unspecified atom stereocenters. The molecule has 0 saturated carbocycles. The molecule has 3 aromatic rings. The van der Waals surface area contributed by atoms with Crippen molar-refractivity contribution >= 4 is 11.6 Å². The fourth-order valence-electron chi connectivity index (χ4n) is 2.27. The fraction of sp³-hybridized carbons (Fsp3) is 0.167. The number of amides is 1. The monoisotopic (exact) mass is 322 g/mol. The second-order valence-corrected chi connectivity index (χ2v) is 5.19. The minimum absolute atomic E-state index is 0.0584. The lowest BCUT2D eigenvalue weighted by Crippen LogP contribution is -2.21. The van der Waals surface area contributed by atoms with Crippen LogP contribution in [0.5, 0.6) is 5.75 Å². The van der Waals surface area contributed by atoms with Gasteiger partial charge in [-0.15, -0.1) is 0 Å². The third-order valence-electron chi connectivity index (χ3n) is 3.55. The number of ether oxygens (including phenoxy) is 1. The normalized spacial score (nSPS) is 10.4. The SMILES string of the molecule is CCc1ccc(OCC(=O)Nc2ccccc2-n2cncn2)cc1. The molecule has 1 N–H and O–H groups in total. The number of para-hydroxylation sites is 2. The molecule has 1 heterocycles. The van der Waals surface area contributed by atoms with Gasteiger partial charge in [0, 0.05) is 0 Å². The molecule has 2 aromatic carbocycles. The first-order chi connectivity index (χ1) is 11.8. The summed E-state index contributed by atoms with van der Waals surface area (Å²) in [6, 6.07) is 15.1. The van der Waals surface area contributed by atoms with E-state index < -0.39 is 0 Å². The van der Waals surface area contributed by atoms with E-state index in [1.807, 2.05) is 48.5 Å². The van der Waals surface area contributed by atoms with Gasteiger partial charge in [-0.05, 0) is 36.2 Å². The summed E-state index contributed by atoms with van der Waals surface area (Å²) in [4.78, 5) is 16.1. The molecule has 6 nitrogen and oxygen atoms in total. The Labute approximate surface area is 140 Å². The van der Waals surface area contributed by atoms with Crippen LogP contribution in [0.4, 0.5) is 5.69 Å². The Balaban J connectivity index is 1.63. The summed E-state index contributed by atoms with van der Waals surface area (Å²) in [5, 5.41) is 6.93. The highest BCUT2D eigenvalue weighted by Gasteiger charge is 2.09. The van der Waals surface area contributed by atoms with Crippen LogP contribution in [0.3, 0.4) is 0 Å². The van der Waals surface area contributed by atoms with E-state index in [-0.39, 0.29) is 12.5 Å². The van der Waals surface area contributed by atoms with Crippen LogP contribution in [0.1, 0.15) is 12.5 Å². The zero-order valence-corrected chi connectivity index (χ0v) is 13.3. The van der Waals surface area contributed by atoms with Crippen LogP contribution >= 0.6 is 0 Å². The molecule has 0 aliphatic carbocycles. The number of aromatic nitrogens is 3. The van der Waals surface area contributed by atoms with E-state index in [9.17, 15) is 4.79 Å². The summed E-state index contributed by atoms with van der Waals surface area (Å²) in [5.74, 6) is 0.439. The third kappa shape index (κ3) is 3.78. The van der Waals surface area contributed by atoms with Crippen molar-refractivity contribution in [2.75, 3.05) is 11.9 Å². The minimum Gasteiger partial charge on any atom is -0.484 e. The van der Waals surface area contributed by atoms with Crippen molar-refractivity contribution in [1.82, 2.24) is 14.8 Å². The quantitative estimate of drug-likeness (QED) is 0.757. The Morgan fingerprint density at radius 1 is 1.17 bits per heavy atom. The molecule has 0 atom stereocenters. The summed E-state index contributed by atoms with van der Waals surface area (Å²) in [5.41, 5.74) is 2.63. The van der Waals surface area contributed by atoms with Crippen molar-refractivity contribution in [3.05, 3.63) is 66.7 Å². The lowest BCUT2D eigenvalue weighted by atomic mass is 10.2. The molecule has 0 spiro atoms. The van der Waals surface area contributed by atoms with E-state index in [1.165, 1.54) is 11.9 Å². The molecule has 0 fully saturated rings. The topological polar surface area (TPSA) is 69.0 Å². The maximum Gasteiger partial charge on any atom is 0.262 e. The minimum atomic E-state index is -0.234. The van der Waals surface area contributed by atoms with Crippen LogP contribution in [0.15, 0.2) is 61.2 Å². The van der Waals surface area contributed by atoms with Crippen molar-refractivity contribution < 1.29 is 9.53 Å². The summed E-state index contributed by atoms with van der Waals surface area (Å²) in [6.45, 7) is 2.03. The average Bonchev–Trinajstić information content (AvgIpc) is 3.15. The van der Waals surface area contributed by atoms with Crippen molar-refractivity contribution in [3.63, 3.8) is 0 Å². The van der Waals surface area contributed by atoms with E-state index in [0.717, 1.165) is 12.1 Å². The summed E-state index contributed by atoms with van der Waals surface area (Å²) in [7, 11) is 0. The van der Waals surface area contributed by atoms with Gasteiger partial charge in [0.05, 0.1) is 11.4 Å². The molecule has 1 amide bonds. The van der Waals surface area contributed by atoms with Crippen LogP contribution in [0.25, 0.3) is 5.69 Å². The molecule has 0 aliphatic rings. The number of carbonyl (C=O) groups is 1. The predicted molar refractivity (Wildman–Crippen MR) is 91.3 cm³/mol. The molecule has 0 bridgehead atoms. The fourth-order valence-corrected chi connectivity index (χ4v) is 2.27. The van der Waals surface area contributed by atoms with Crippen molar-refractivity contribution in [1.29, 1.82) is 0 Å². The van der Waals surface area contributed by atoms with Gasteiger partial charge < -0.3 is 10.1 Å². The Morgan fingerprint density at radius 2 is 1.96 bits per heavy atom. The lowest BCUT2D eigenvalue weighted by Gasteiger charge is -2.11. The number of rotatable bonds is 6. The largest absolute Gasteiger partial charge is 0.484 e. The number of anilines is 1. The van der Waals surface area contributed by atoms with Crippen LogP contribution in [-0.2, 0) is 11.2 Å². The highest BCUT2D eigenvalue weighted by molar-refractivity contribution is 5.93. The molecule has 6 heteroatoms. The highest BCUT2D eigenvalue weighted by Crippen LogP contribution is 2.18. The second kappa shape index (κ2) is 7.41. The van der Waals surface area contributed by atoms with Gasteiger partial charge in [0.2, 0.25) is 0 Å². The first kappa shape index (κ1) is 15.7. The van der Waals surface area contributed by atoms with Gasteiger partial charge in [-0.25, -0.2) is 9.67 Å². The van der Waals surface area contributed by atoms with Gasteiger partial charge in [0.1, 0.15) is 18.4 Å². The number of nitrogens with zero attached hydrogens (tertiary/aromatic N) is 3. The van der Waals surface area contributed by atoms with E-state index in [4.69, 9.17) is 4.74 Å². The van der Waals surface area contributed by atoms with Gasteiger partial charge in [-0.2, -0.15) is 5.10 Å². The predicted octanol–water partition coefficient (Wildman–Crippen LogP) is 2.85. The van der Waals surface area contributed by atoms with Crippen molar-refractivity contribution in [2.45, 2.75) is 13.3 Å². The Kier molecular flexibility index (Phi) is 4.86. The molecule has 24 heavy (non-hydrogen) atoms. The van der Waals surface area contributed by atoms with Crippen LogP contribution in [-0.4, -0.2) is 27.3 Å². The zero-order valence-electron chi connectivity index (χ0n) is 13.3. The number of nitrogens with one attached hydrogen (secondary N) is 1. The average molecular weight is 322 g/mol. The second-order valence-electron chi connectivity index (χ2n) is 5.19. The Morgan fingerprint density at radius 3 is 2.67 bits per heavy atom. The maximum absolute atomic E-state index is 12.1. The molecular formula is C18H18N4O2. The number of hydrogen-bond acceptors (Lipinski definition) is 4. The molecular weight excluding hydrogens is 304 g/mol. The molecule has 3 rings (SSSR count). The van der Waals surface area contributed by atoms with Crippen molar-refractivity contribution in [3.8, 4) is 11.4 Å². The standard InChI is InChI=1S/C18H18N4O2/c1-2-14-7-9-15(10-8-14)24-11-18(23)21-16-5-3-4-6-17(16)22-13-19-12-20-22/h3-10,12-13H,2,11H2,1H3,(H,21,23). The molecule has 0 radical (unpaired) electrons. The number of hydrogen-bond donors (Lipinski definition) is 1. The van der Waals surface area contributed by atoms with E-state index in [0.29, 0.717) is 11.4 Å². The maximum atomic E-state index is 12.1. The summed E-state index contributed by atoms with van der Waals surface area (Å²) in [6.07, 6.45) is 4.00.